The largest absolute Gasteiger partial charge is 0.389 e. The second-order valence-corrected chi connectivity index (χ2v) is 12.8. The molecule has 210 valence electrons. The fourth-order valence-corrected chi connectivity index (χ4v) is 8.40. The molecule has 0 amide bonds. The van der Waals surface area contributed by atoms with Crippen LogP contribution in [0.5, 0.6) is 0 Å². The number of hydrogen-bond donors (Lipinski definition) is 1. The Morgan fingerprint density at radius 1 is 1.07 bits per heavy atom. The zero-order chi connectivity index (χ0) is 28.0. The third kappa shape index (κ3) is 3.76. The summed E-state index contributed by atoms with van der Waals surface area (Å²) in [4.78, 5) is 20.9. The number of benzene rings is 1. The van der Waals surface area contributed by atoms with Gasteiger partial charge in [0.1, 0.15) is 16.6 Å². The normalized spacial score (nSPS) is 24.5. The van der Waals surface area contributed by atoms with Gasteiger partial charge in [0.15, 0.2) is 11.6 Å². The average Bonchev–Trinajstić information content (AvgIpc) is 3.77. The van der Waals surface area contributed by atoms with Crippen molar-refractivity contribution in [1.29, 1.82) is 5.26 Å². The summed E-state index contributed by atoms with van der Waals surface area (Å²) in [5.74, 6) is 0.813. The van der Waals surface area contributed by atoms with Crippen LogP contribution in [0.3, 0.4) is 0 Å². The van der Waals surface area contributed by atoms with Crippen LogP contribution in [-0.2, 0) is 18.0 Å². The van der Waals surface area contributed by atoms with Crippen LogP contribution in [0, 0.1) is 34.8 Å². The molecule has 4 aromatic rings. The molecule has 4 aliphatic heterocycles. The van der Waals surface area contributed by atoms with E-state index >= 15 is 4.39 Å². The molecule has 12 heteroatoms. The molecule has 9 nitrogen and oxygen atoms in total. The maximum atomic E-state index is 16.6. The molecule has 3 saturated heterocycles. The number of nitrogens with two attached hydrogens (primary N) is 1. The van der Waals surface area contributed by atoms with E-state index in [1.54, 1.807) is 6.20 Å². The van der Waals surface area contributed by atoms with Crippen molar-refractivity contribution in [2.24, 2.45) is 11.8 Å². The van der Waals surface area contributed by atoms with E-state index in [2.05, 4.69) is 37.8 Å². The smallest absolute Gasteiger partial charge is 0.226 e. The maximum Gasteiger partial charge on any atom is 0.226 e. The van der Waals surface area contributed by atoms with Gasteiger partial charge in [0.2, 0.25) is 5.95 Å². The van der Waals surface area contributed by atoms with Crippen LogP contribution in [0.1, 0.15) is 23.1 Å². The minimum atomic E-state index is -0.599. The molecule has 7 heterocycles. The van der Waals surface area contributed by atoms with E-state index in [0.29, 0.717) is 22.9 Å². The van der Waals surface area contributed by atoms with Gasteiger partial charge in [-0.05, 0) is 36.4 Å². The molecule has 3 aromatic heterocycles. The maximum absolute atomic E-state index is 16.6. The molecule has 1 aromatic carbocycles. The topological polar surface area (TPSA) is 107 Å². The van der Waals surface area contributed by atoms with Crippen LogP contribution in [0.15, 0.2) is 12.4 Å². The molecule has 0 radical (unpaired) electrons. The predicted molar refractivity (Wildman–Crippen MR) is 152 cm³/mol. The number of fused-ring (bicyclic) bond motifs is 5. The zero-order valence-corrected chi connectivity index (χ0v) is 23.3. The van der Waals surface area contributed by atoms with Gasteiger partial charge in [-0.3, -0.25) is 9.88 Å². The monoisotopic (exact) mass is 574 g/mol. The van der Waals surface area contributed by atoms with Crippen molar-refractivity contribution >= 4 is 43.3 Å². The third-order valence-corrected chi connectivity index (χ3v) is 10.4. The number of likely N-dealkylation sites (tertiary alicyclic amines) is 2. The quantitative estimate of drug-likeness (QED) is 0.392. The first-order valence-corrected chi connectivity index (χ1v) is 14.7. The van der Waals surface area contributed by atoms with Crippen molar-refractivity contribution in [2.75, 3.05) is 56.9 Å². The number of halogens is 2. The van der Waals surface area contributed by atoms with Crippen LogP contribution in [0.25, 0.3) is 32.2 Å². The number of rotatable bonds is 3. The number of anilines is 2. The number of aromatic nitrogens is 3. The number of hydrogen-bond acceptors (Lipinski definition) is 10. The van der Waals surface area contributed by atoms with E-state index < -0.39 is 11.6 Å². The zero-order valence-electron chi connectivity index (χ0n) is 22.5. The standard InChI is InChI=1S/C29H28F2N8OS/c1-37-7-14-9-39(10-15(14)8-37)16-2-3-38(11-16)29-35-5-18-19-12-40-13-20(19)22(24(31)25(18)36-29)26-23-17(4-32)28(33)41-27(23)21(30)6-34-26/h5-6,14-16H,2-3,7-13,33H2,1H3/t14-,15+,16-/m1/s1. The van der Waals surface area contributed by atoms with Gasteiger partial charge in [-0.15, -0.1) is 11.3 Å². The SMILES string of the molecule is CN1C[C@@H]2CN([C@@H]3CCN(c4ncc5c6c(c(-c7ncc(F)c8sc(N)c(C#N)c78)c(F)c5n4)COC6)C3)C[C@@H]2C1. The molecule has 0 bridgehead atoms. The lowest BCUT2D eigenvalue weighted by Crippen LogP contribution is -2.38. The van der Waals surface area contributed by atoms with E-state index in [9.17, 15) is 9.65 Å². The van der Waals surface area contributed by atoms with Gasteiger partial charge in [-0.2, -0.15) is 5.26 Å². The molecule has 8 rings (SSSR count). The Bertz CT molecular complexity index is 1770. The highest BCUT2D eigenvalue weighted by Gasteiger charge is 2.42. The number of thiophene rings is 1. The number of nitrogens with zero attached hydrogens (tertiary/aromatic N) is 7. The molecular weight excluding hydrogens is 546 g/mol. The van der Waals surface area contributed by atoms with E-state index in [-0.39, 0.29) is 50.6 Å². The highest BCUT2D eigenvalue weighted by molar-refractivity contribution is 7.23. The van der Waals surface area contributed by atoms with Crippen molar-refractivity contribution in [3.8, 4) is 17.3 Å². The summed E-state index contributed by atoms with van der Waals surface area (Å²) >= 11 is 0.965. The van der Waals surface area contributed by atoms with Crippen molar-refractivity contribution in [1.82, 2.24) is 24.8 Å². The Kier molecular flexibility index (Phi) is 5.69. The summed E-state index contributed by atoms with van der Waals surface area (Å²) in [6.45, 7) is 6.67. The number of nitrogen functional groups attached to an aromatic ring is 1. The molecular formula is C29H28F2N8OS. The lowest BCUT2D eigenvalue weighted by molar-refractivity contribution is 0.135. The molecule has 3 atom stereocenters. The number of nitriles is 1. The molecule has 0 spiro atoms. The van der Waals surface area contributed by atoms with Crippen LogP contribution in [0.2, 0.25) is 0 Å². The lowest BCUT2D eigenvalue weighted by atomic mass is 9.94. The Hall–Kier alpha value is -3.50. The van der Waals surface area contributed by atoms with Crippen LogP contribution >= 0.6 is 11.3 Å². The fraction of sp³-hybridized carbons (Fsp3) is 0.448. The summed E-state index contributed by atoms with van der Waals surface area (Å²) in [6.07, 6.45) is 3.77. The summed E-state index contributed by atoms with van der Waals surface area (Å²) in [5, 5.41) is 10.8. The van der Waals surface area contributed by atoms with Gasteiger partial charge in [0, 0.05) is 67.8 Å². The summed E-state index contributed by atoms with van der Waals surface area (Å²) in [7, 11) is 2.20. The van der Waals surface area contributed by atoms with Crippen LogP contribution in [0.4, 0.5) is 19.7 Å². The van der Waals surface area contributed by atoms with Gasteiger partial charge < -0.3 is 20.3 Å². The molecule has 2 N–H and O–H groups in total. The van der Waals surface area contributed by atoms with Crippen LogP contribution < -0.4 is 10.6 Å². The number of ether oxygens (including phenoxy) is 1. The first-order chi connectivity index (χ1) is 19.9. The van der Waals surface area contributed by atoms with Gasteiger partial charge in [-0.25, -0.2) is 18.7 Å². The summed E-state index contributed by atoms with van der Waals surface area (Å²) in [6, 6.07) is 2.49. The second kappa shape index (κ2) is 9.25. The highest BCUT2D eigenvalue weighted by atomic mass is 32.1. The molecule has 41 heavy (non-hydrogen) atoms. The Morgan fingerprint density at radius 3 is 2.63 bits per heavy atom. The predicted octanol–water partition coefficient (Wildman–Crippen LogP) is 3.74. The Morgan fingerprint density at radius 2 is 1.85 bits per heavy atom. The first-order valence-electron chi connectivity index (χ1n) is 13.9. The lowest BCUT2D eigenvalue weighted by Gasteiger charge is -2.26. The van der Waals surface area contributed by atoms with Crippen molar-refractivity contribution in [2.45, 2.75) is 25.7 Å². The molecule has 3 fully saturated rings. The fourth-order valence-electron chi connectivity index (χ4n) is 7.47. The van der Waals surface area contributed by atoms with Crippen molar-refractivity contribution in [3.63, 3.8) is 0 Å². The van der Waals surface area contributed by atoms with Gasteiger partial charge in [0.25, 0.3) is 0 Å². The van der Waals surface area contributed by atoms with E-state index in [1.165, 1.54) is 13.1 Å². The van der Waals surface area contributed by atoms with E-state index in [1.807, 2.05) is 0 Å². The molecule has 0 unspecified atom stereocenters. The van der Waals surface area contributed by atoms with Gasteiger partial charge in [-0.1, -0.05) is 0 Å². The summed E-state index contributed by atoms with van der Waals surface area (Å²) in [5.41, 5.74) is 8.10. The molecule has 0 aliphatic carbocycles. The van der Waals surface area contributed by atoms with Crippen molar-refractivity contribution in [3.05, 3.63) is 40.7 Å². The number of pyridine rings is 1. The molecule has 0 saturated carbocycles. The minimum Gasteiger partial charge on any atom is -0.389 e. The van der Waals surface area contributed by atoms with Gasteiger partial charge in [0.05, 0.1) is 35.4 Å². The summed E-state index contributed by atoms with van der Waals surface area (Å²) < 4.78 is 37.3. The Labute approximate surface area is 239 Å². The minimum absolute atomic E-state index is 0.100. The van der Waals surface area contributed by atoms with Gasteiger partial charge >= 0.3 is 0 Å². The average molecular weight is 575 g/mol. The van der Waals surface area contributed by atoms with Crippen molar-refractivity contribution < 1.29 is 13.5 Å². The van der Waals surface area contributed by atoms with E-state index in [0.717, 1.165) is 67.5 Å². The Balaban J connectivity index is 1.19. The highest BCUT2D eigenvalue weighted by Crippen LogP contribution is 2.45. The van der Waals surface area contributed by atoms with Crippen LogP contribution in [-0.4, -0.2) is 77.1 Å². The third-order valence-electron chi connectivity index (χ3n) is 9.39. The van der Waals surface area contributed by atoms with E-state index in [4.69, 9.17) is 15.5 Å². The first kappa shape index (κ1) is 25.2. The second-order valence-electron chi connectivity index (χ2n) is 11.8. The molecule has 4 aliphatic rings.